The Labute approximate surface area is 81.7 Å². The van der Waals surface area contributed by atoms with E-state index < -0.39 is 0 Å². The SMILES string of the molecule is CCC1(CI)CCSCC1. The molecule has 0 unspecified atom stereocenters. The predicted octanol–water partition coefficient (Wildman–Crippen LogP) is 3.34. The van der Waals surface area contributed by atoms with Gasteiger partial charge in [0.15, 0.2) is 0 Å². The zero-order valence-corrected chi connectivity index (χ0v) is 9.50. The molecule has 1 rings (SSSR count). The van der Waals surface area contributed by atoms with Gasteiger partial charge in [0, 0.05) is 4.43 Å². The Kier molecular flexibility index (Phi) is 3.84. The van der Waals surface area contributed by atoms with Crippen molar-refractivity contribution in [3.05, 3.63) is 0 Å². The molecule has 0 bridgehead atoms. The monoisotopic (exact) mass is 270 g/mol. The summed E-state index contributed by atoms with van der Waals surface area (Å²) in [6.45, 7) is 2.34. The van der Waals surface area contributed by atoms with E-state index in [1.807, 2.05) is 0 Å². The van der Waals surface area contributed by atoms with Crippen LogP contribution in [0.5, 0.6) is 0 Å². The Morgan fingerprint density at radius 1 is 1.40 bits per heavy atom. The first-order valence-corrected chi connectivity index (χ1v) is 6.65. The third kappa shape index (κ3) is 2.03. The van der Waals surface area contributed by atoms with Crippen LogP contribution in [-0.4, -0.2) is 15.9 Å². The van der Waals surface area contributed by atoms with Crippen LogP contribution in [-0.2, 0) is 0 Å². The Hall–Kier alpha value is 1.08. The largest absolute Gasteiger partial charge is 0.162 e. The van der Waals surface area contributed by atoms with Crippen molar-refractivity contribution in [3.63, 3.8) is 0 Å². The maximum Gasteiger partial charge on any atom is 0.00524 e. The lowest BCUT2D eigenvalue weighted by molar-refractivity contribution is 0.299. The van der Waals surface area contributed by atoms with Gasteiger partial charge >= 0.3 is 0 Å². The molecule has 0 aliphatic carbocycles. The van der Waals surface area contributed by atoms with Crippen molar-refractivity contribution in [2.75, 3.05) is 15.9 Å². The van der Waals surface area contributed by atoms with Gasteiger partial charge in [-0.15, -0.1) is 0 Å². The van der Waals surface area contributed by atoms with E-state index in [0.717, 1.165) is 5.41 Å². The molecule has 0 aromatic carbocycles. The van der Waals surface area contributed by atoms with E-state index in [1.54, 1.807) is 0 Å². The van der Waals surface area contributed by atoms with Crippen molar-refractivity contribution < 1.29 is 0 Å². The molecule has 1 aliphatic heterocycles. The Bertz CT molecular complexity index is 91.4. The molecule has 60 valence electrons. The molecule has 0 aromatic rings. The summed E-state index contributed by atoms with van der Waals surface area (Å²) in [5.74, 6) is 2.80. The van der Waals surface area contributed by atoms with Gasteiger partial charge in [0.05, 0.1) is 0 Å². The highest BCUT2D eigenvalue weighted by Crippen LogP contribution is 2.39. The van der Waals surface area contributed by atoms with Crippen molar-refractivity contribution in [2.24, 2.45) is 5.41 Å². The standard InChI is InChI=1S/C8H15IS/c1-2-8(7-9)3-5-10-6-4-8/h2-7H2,1H3. The molecule has 10 heavy (non-hydrogen) atoms. The fraction of sp³-hybridized carbons (Fsp3) is 1.00. The molecule has 0 spiro atoms. The molecule has 0 saturated carbocycles. The normalized spacial score (nSPS) is 24.6. The van der Waals surface area contributed by atoms with Crippen molar-refractivity contribution in [1.29, 1.82) is 0 Å². The molecule has 0 N–H and O–H groups in total. The number of rotatable bonds is 2. The van der Waals surface area contributed by atoms with E-state index in [1.165, 1.54) is 35.2 Å². The minimum absolute atomic E-state index is 0.728. The molecule has 2 heteroatoms. The van der Waals surface area contributed by atoms with Crippen molar-refractivity contribution in [3.8, 4) is 0 Å². The molecule has 1 aliphatic rings. The van der Waals surface area contributed by atoms with E-state index in [0.29, 0.717) is 0 Å². The fourth-order valence-corrected chi connectivity index (χ4v) is 4.05. The molecule has 0 atom stereocenters. The molecular weight excluding hydrogens is 255 g/mol. The van der Waals surface area contributed by atoms with Crippen LogP contribution in [0.2, 0.25) is 0 Å². The van der Waals surface area contributed by atoms with Gasteiger partial charge in [-0.1, -0.05) is 29.5 Å². The van der Waals surface area contributed by atoms with E-state index in [4.69, 9.17) is 0 Å². The summed E-state index contributed by atoms with van der Waals surface area (Å²) in [4.78, 5) is 0. The van der Waals surface area contributed by atoms with Crippen LogP contribution in [0.4, 0.5) is 0 Å². The van der Waals surface area contributed by atoms with Crippen molar-refractivity contribution >= 4 is 34.4 Å². The molecule has 1 heterocycles. The zero-order chi connectivity index (χ0) is 7.45. The summed E-state index contributed by atoms with van der Waals surface area (Å²) < 4.78 is 1.36. The van der Waals surface area contributed by atoms with Crippen LogP contribution < -0.4 is 0 Å². The summed E-state index contributed by atoms with van der Waals surface area (Å²) >= 11 is 4.67. The smallest absolute Gasteiger partial charge is 0.00524 e. The lowest BCUT2D eigenvalue weighted by Gasteiger charge is -2.34. The predicted molar refractivity (Wildman–Crippen MR) is 58.2 cm³/mol. The van der Waals surface area contributed by atoms with E-state index in [9.17, 15) is 0 Å². The highest BCUT2D eigenvalue weighted by atomic mass is 127. The molecule has 0 radical (unpaired) electrons. The minimum atomic E-state index is 0.728. The van der Waals surface area contributed by atoms with E-state index in [2.05, 4.69) is 41.3 Å². The molecule has 1 saturated heterocycles. The van der Waals surface area contributed by atoms with Crippen LogP contribution in [0.3, 0.4) is 0 Å². The maximum atomic E-state index is 2.55. The summed E-state index contributed by atoms with van der Waals surface area (Å²) in [6, 6.07) is 0. The second-order valence-corrected chi connectivity index (χ2v) is 5.09. The first kappa shape index (κ1) is 9.17. The molecule has 1 fully saturated rings. The molecular formula is C8H15IS. The maximum absolute atomic E-state index is 2.55. The highest BCUT2D eigenvalue weighted by Gasteiger charge is 2.28. The van der Waals surface area contributed by atoms with Crippen molar-refractivity contribution in [1.82, 2.24) is 0 Å². The Morgan fingerprint density at radius 3 is 2.30 bits per heavy atom. The van der Waals surface area contributed by atoms with Gasteiger partial charge in [0.2, 0.25) is 0 Å². The van der Waals surface area contributed by atoms with Gasteiger partial charge in [-0.2, -0.15) is 11.8 Å². The number of halogens is 1. The summed E-state index contributed by atoms with van der Waals surface area (Å²) in [6.07, 6.45) is 4.30. The lowest BCUT2D eigenvalue weighted by atomic mass is 9.82. The topological polar surface area (TPSA) is 0 Å². The Balaban J connectivity index is 2.44. The van der Waals surface area contributed by atoms with Crippen LogP contribution in [0.15, 0.2) is 0 Å². The third-order valence-corrected chi connectivity index (χ3v) is 5.19. The van der Waals surface area contributed by atoms with Gasteiger partial charge in [-0.3, -0.25) is 0 Å². The van der Waals surface area contributed by atoms with Crippen LogP contribution in [0.25, 0.3) is 0 Å². The second kappa shape index (κ2) is 4.19. The van der Waals surface area contributed by atoms with E-state index in [-0.39, 0.29) is 0 Å². The molecule has 0 nitrogen and oxygen atoms in total. The third-order valence-electron chi connectivity index (χ3n) is 2.59. The van der Waals surface area contributed by atoms with Gasteiger partial charge in [0.1, 0.15) is 0 Å². The minimum Gasteiger partial charge on any atom is -0.162 e. The number of thioether (sulfide) groups is 1. The quantitative estimate of drug-likeness (QED) is 0.547. The van der Waals surface area contributed by atoms with Gasteiger partial charge in [-0.05, 0) is 36.2 Å². The molecule has 0 amide bonds. The summed E-state index contributed by atoms with van der Waals surface area (Å²) in [5, 5.41) is 0. The van der Waals surface area contributed by atoms with Crippen molar-refractivity contribution in [2.45, 2.75) is 26.2 Å². The van der Waals surface area contributed by atoms with Gasteiger partial charge in [-0.25, -0.2) is 0 Å². The number of hydrogen-bond acceptors (Lipinski definition) is 1. The van der Waals surface area contributed by atoms with Gasteiger partial charge in [0.25, 0.3) is 0 Å². The van der Waals surface area contributed by atoms with Gasteiger partial charge < -0.3 is 0 Å². The second-order valence-electron chi connectivity index (χ2n) is 3.10. The number of alkyl halides is 1. The Morgan fingerprint density at radius 2 is 2.00 bits per heavy atom. The zero-order valence-electron chi connectivity index (χ0n) is 6.53. The first-order chi connectivity index (χ1) is 4.83. The number of hydrogen-bond donors (Lipinski definition) is 0. The van der Waals surface area contributed by atoms with E-state index >= 15 is 0 Å². The lowest BCUT2D eigenvalue weighted by Crippen LogP contribution is -2.26. The van der Waals surface area contributed by atoms with Crippen LogP contribution >= 0.6 is 34.4 Å². The summed E-state index contributed by atoms with van der Waals surface area (Å²) in [5.41, 5.74) is 0.728. The first-order valence-electron chi connectivity index (χ1n) is 3.97. The van der Waals surface area contributed by atoms with Crippen LogP contribution in [0, 0.1) is 5.41 Å². The molecule has 0 aromatic heterocycles. The average Bonchev–Trinajstić information content (AvgIpc) is 2.06. The average molecular weight is 270 g/mol. The highest BCUT2D eigenvalue weighted by molar-refractivity contribution is 14.1. The summed E-state index contributed by atoms with van der Waals surface area (Å²) in [7, 11) is 0. The fourth-order valence-electron chi connectivity index (χ4n) is 1.39. The van der Waals surface area contributed by atoms with Crippen LogP contribution in [0.1, 0.15) is 26.2 Å².